The van der Waals surface area contributed by atoms with Gasteiger partial charge in [-0.2, -0.15) is 0 Å². The topological polar surface area (TPSA) is 32.3 Å². The Bertz CT molecular complexity index is 316. The lowest BCUT2D eigenvalue weighted by Crippen LogP contribution is -2.27. The zero-order valence-electron chi connectivity index (χ0n) is 9.24. The van der Waals surface area contributed by atoms with Crippen LogP contribution in [0.3, 0.4) is 0 Å². The fraction of sp³-hybridized carbons (Fsp3) is 0.538. The highest BCUT2D eigenvalue weighted by Gasteiger charge is 2.19. The van der Waals surface area contributed by atoms with Gasteiger partial charge in [0.1, 0.15) is 0 Å². The van der Waals surface area contributed by atoms with E-state index in [1.807, 2.05) is 19.1 Å². The second kappa shape index (κ2) is 4.77. The summed E-state index contributed by atoms with van der Waals surface area (Å²) in [5, 5.41) is 13.1. The van der Waals surface area contributed by atoms with Crippen LogP contribution in [0.2, 0.25) is 0 Å². The first-order valence-corrected chi connectivity index (χ1v) is 5.76. The van der Waals surface area contributed by atoms with Crippen LogP contribution < -0.4 is 5.32 Å². The molecule has 2 heteroatoms. The Balaban J connectivity index is 2.25. The van der Waals surface area contributed by atoms with E-state index < -0.39 is 0 Å². The number of piperidine rings is 1. The minimum atomic E-state index is -0.351. The summed E-state index contributed by atoms with van der Waals surface area (Å²) in [7, 11) is 0. The predicted molar refractivity (Wildman–Crippen MR) is 61.9 cm³/mol. The zero-order chi connectivity index (χ0) is 10.7. The molecule has 15 heavy (non-hydrogen) atoms. The Kier molecular flexibility index (Phi) is 3.39. The van der Waals surface area contributed by atoms with Crippen molar-refractivity contribution in [3.8, 4) is 0 Å². The quantitative estimate of drug-likeness (QED) is 0.776. The monoisotopic (exact) mass is 205 g/mol. The maximum absolute atomic E-state index is 9.72. The molecule has 2 rings (SSSR count). The van der Waals surface area contributed by atoms with Crippen molar-refractivity contribution in [2.24, 2.45) is 0 Å². The van der Waals surface area contributed by atoms with Crippen molar-refractivity contribution in [2.75, 3.05) is 13.1 Å². The predicted octanol–water partition coefficient (Wildman–Crippen LogP) is 2.21. The van der Waals surface area contributed by atoms with Crippen LogP contribution in [0.1, 0.15) is 42.9 Å². The molecule has 1 heterocycles. The van der Waals surface area contributed by atoms with Gasteiger partial charge in [0, 0.05) is 0 Å². The van der Waals surface area contributed by atoms with Crippen LogP contribution in [0.25, 0.3) is 0 Å². The van der Waals surface area contributed by atoms with E-state index in [2.05, 4.69) is 17.4 Å². The van der Waals surface area contributed by atoms with E-state index in [4.69, 9.17) is 0 Å². The van der Waals surface area contributed by atoms with Crippen molar-refractivity contribution >= 4 is 0 Å². The van der Waals surface area contributed by atoms with Crippen molar-refractivity contribution in [3.05, 3.63) is 35.4 Å². The van der Waals surface area contributed by atoms with E-state index in [0.29, 0.717) is 5.92 Å². The highest BCUT2D eigenvalue weighted by atomic mass is 16.3. The Hall–Kier alpha value is -0.860. The van der Waals surface area contributed by atoms with Gasteiger partial charge in [-0.3, -0.25) is 0 Å². The first-order valence-electron chi connectivity index (χ1n) is 5.76. The molecule has 2 N–H and O–H groups in total. The van der Waals surface area contributed by atoms with Crippen LogP contribution >= 0.6 is 0 Å². The molecule has 1 atom stereocenters. The van der Waals surface area contributed by atoms with Gasteiger partial charge in [-0.05, 0) is 49.9 Å². The van der Waals surface area contributed by atoms with Gasteiger partial charge in [0.25, 0.3) is 0 Å². The summed E-state index contributed by atoms with van der Waals surface area (Å²) in [6.45, 7) is 4.04. The maximum Gasteiger partial charge on any atom is 0.0764 e. The third kappa shape index (κ3) is 2.39. The lowest BCUT2D eigenvalue weighted by molar-refractivity contribution is 0.197. The van der Waals surface area contributed by atoms with E-state index in [0.717, 1.165) is 18.7 Å². The Morgan fingerprint density at radius 1 is 1.27 bits per heavy atom. The Morgan fingerprint density at radius 3 is 2.60 bits per heavy atom. The SMILES string of the molecule is CC(O)c1ccccc1C1CCNCC1. The number of aliphatic hydroxyl groups is 1. The molecule has 0 amide bonds. The van der Waals surface area contributed by atoms with Gasteiger partial charge >= 0.3 is 0 Å². The summed E-state index contributed by atoms with van der Waals surface area (Å²) in [6.07, 6.45) is 2.02. The highest BCUT2D eigenvalue weighted by molar-refractivity contribution is 5.32. The van der Waals surface area contributed by atoms with Gasteiger partial charge in [0.05, 0.1) is 6.10 Å². The third-order valence-electron chi connectivity index (χ3n) is 3.23. The molecule has 1 aliphatic rings. The van der Waals surface area contributed by atoms with Gasteiger partial charge in [0.2, 0.25) is 0 Å². The van der Waals surface area contributed by atoms with E-state index in [9.17, 15) is 5.11 Å². The van der Waals surface area contributed by atoms with Crippen LogP contribution in [0.5, 0.6) is 0 Å². The fourth-order valence-electron chi connectivity index (χ4n) is 2.40. The summed E-state index contributed by atoms with van der Waals surface area (Å²) in [4.78, 5) is 0. The molecular weight excluding hydrogens is 186 g/mol. The lowest BCUT2D eigenvalue weighted by atomic mass is 9.86. The molecule has 0 saturated carbocycles. The minimum Gasteiger partial charge on any atom is -0.389 e. The molecule has 0 radical (unpaired) electrons. The number of hydrogen-bond acceptors (Lipinski definition) is 2. The summed E-state index contributed by atoms with van der Waals surface area (Å²) < 4.78 is 0. The number of rotatable bonds is 2. The van der Waals surface area contributed by atoms with Crippen LogP contribution in [0, 0.1) is 0 Å². The second-order valence-corrected chi connectivity index (χ2v) is 4.33. The average Bonchev–Trinajstić information content (AvgIpc) is 2.30. The summed E-state index contributed by atoms with van der Waals surface area (Å²) in [5.74, 6) is 0.622. The van der Waals surface area contributed by atoms with Gasteiger partial charge in [-0.25, -0.2) is 0 Å². The molecule has 0 aliphatic carbocycles. The minimum absolute atomic E-state index is 0.351. The first-order chi connectivity index (χ1) is 7.29. The lowest BCUT2D eigenvalue weighted by Gasteiger charge is -2.25. The van der Waals surface area contributed by atoms with E-state index in [1.54, 1.807) is 0 Å². The molecule has 1 aliphatic heterocycles. The fourth-order valence-corrected chi connectivity index (χ4v) is 2.40. The van der Waals surface area contributed by atoms with Crippen LogP contribution in [-0.2, 0) is 0 Å². The van der Waals surface area contributed by atoms with Gasteiger partial charge in [0.15, 0.2) is 0 Å². The van der Waals surface area contributed by atoms with Crippen LogP contribution in [0.15, 0.2) is 24.3 Å². The molecule has 1 unspecified atom stereocenters. The molecule has 82 valence electrons. The molecule has 1 aromatic carbocycles. The normalized spacial score (nSPS) is 20.1. The Morgan fingerprint density at radius 2 is 1.93 bits per heavy atom. The molecule has 0 aromatic heterocycles. The molecule has 0 bridgehead atoms. The molecule has 0 spiro atoms. The molecule has 1 aromatic rings. The van der Waals surface area contributed by atoms with Gasteiger partial charge in [-0.15, -0.1) is 0 Å². The van der Waals surface area contributed by atoms with E-state index >= 15 is 0 Å². The Labute approximate surface area is 91.3 Å². The summed E-state index contributed by atoms with van der Waals surface area (Å²) >= 11 is 0. The first kappa shape index (κ1) is 10.7. The number of hydrogen-bond donors (Lipinski definition) is 2. The number of benzene rings is 1. The van der Waals surface area contributed by atoms with Gasteiger partial charge < -0.3 is 10.4 Å². The second-order valence-electron chi connectivity index (χ2n) is 4.33. The molecule has 1 fully saturated rings. The number of nitrogens with one attached hydrogen (secondary N) is 1. The van der Waals surface area contributed by atoms with Crippen molar-refractivity contribution in [1.29, 1.82) is 0 Å². The smallest absolute Gasteiger partial charge is 0.0764 e. The maximum atomic E-state index is 9.72. The van der Waals surface area contributed by atoms with Crippen LogP contribution in [-0.4, -0.2) is 18.2 Å². The molecule has 1 saturated heterocycles. The average molecular weight is 205 g/mol. The highest BCUT2D eigenvalue weighted by Crippen LogP contribution is 2.30. The van der Waals surface area contributed by atoms with E-state index in [1.165, 1.54) is 18.4 Å². The van der Waals surface area contributed by atoms with Crippen molar-refractivity contribution < 1.29 is 5.11 Å². The third-order valence-corrected chi connectivity index (χ3v) is 3.23. The van der Waals surface area contributed by atoms with Gasteiger partial charge in [-0.1, -0.05) is 24.3 Å². The molecular formula is C13H19NO. The zero-order valence-corrected chi connectivity index (χ0v) is 9.24. The van der Waals surface area contributed by atoms with Crippen molar-refractivity contribution in [3.63, 3.8) is 0 Å². The largest absolute Gasteiger partial charge is 0.389 e. The standard InChI is InChI=1S/C13H19NO/c1-10(15)12-4-2-3-5-13(12)11-6-8-14-9-7-11/h2-5,10-11,14-15H,6-9H2,1H3. The summed E-state index contributed by atoms with van der Waals surface area (Å²) in [5.41, 5.74) is 2.44. The summed E-state index contributed by atoms with van der Waals surface area (Å²) in [6, 6.07) is 8.29. The van der Waals surface area contributed by atoms with Crippen molar-refractivity contribution in [2.45, 2.75) is 31.8 Å². The van der Waals surface area contributed by atoms with Crippen molar-refractivity contribution in [1.82, 2.24) is 5.32 Å². The van der Waals surface area contributed by atoms with Crippen LogP contribution in [0.4, 0.5) is 0 Å². The van der Waals surface area contributed by atoms with E-state index in [-0.39, 0.29) is 6.10 Å². The molecule has 2 nitrogen and oxygen atoms in total. The number of aliphatic hydroxyl groups excluding tert-OH is 1.